The van der Waals surface area contributed by atoms with Crippen LogP contribution in [0.15, 0.2) is 30.3 Å². The standard InChI is InChI=1S/C12H13NO4/c1-17-10-5-3-2-4-9(10)6-7-11(14)13-8-12(15)16/h2-7H,8H2,1H3,(H,13,14)(H,15,16)/p-1/b7-6+. The van der Waals surface area contributed by atoms with E-state index in [2.05, 4.69) is 5.32 Å². The number of carbonyl (C=O) groups is 2. The van der Waals surface area contributed by atoms with Crippen LogP contribution in [0.3, 0.4) is 0 Å². The average Bonchev–Trinajstić information content (AvgIpc) is 2.34. The molecule has 1 N–H and O–H groups in total. The minimum Gasteiger partial charge on any atom is -0.548 e. The Morgan fingerprint density at radius 3 is 2.76 bits per heavy atom. The number of benzene rings is 1. The molecule has 0 atom stereocenters. The summed E-state index contributed by atoms with van der Waals surface area (Å²) in [6.45, 7) is -0.505. The number of hydrogen-bond donors (Lipinski definition) is 1. The van der Waals surface area contributed by atoms with Crippen molar-refractivity contribution in [3.05, 3.63) is 35.9 Å². The zero-order valence-electron chi connectivity index (χ0n) is 9.30. The molecule has 17 heavy (non-hydrogen) atoms. The van der Waals surface area contributed by atoms with Crippen molar-refractivity contribution in [2.75, 3.05) is 13.7 Å². The molecule has 0 unspecified atom stereocenters. The SMILES string of the molecule is COc1ccccc1/C=C/C(=O)NCC(=O)[O-]. The van der Waals surface area contributed by atoms with E-state index in [9.17, 15) is 14.7 Å². The number of carbonyl (C=O) groups excluding carboxylic acids is 2. The van der Waals surface area contributed by atoms with Gasteiger partial charge in [0.15, 0.2) is 0 Å². The molecule has 0 spiro atoms. The second kappa shape index (κ2) is 6.32. The van der Waals surface area contributed by atoms with Gasteiger partial charge in [0.05, 0.1) is 19.6 Å². The van der Waals surface area contributed by atoms with E-state index in [0.717, 1.165) is 5.56 Å². The Morgan fingerprint density at radius 2 is 2.12 bits per heavy atom. The number of carboxylic acid groups (broad SMARTS) is 1. The fraction of sp³-hybridized carbons (Fsp3) is 0.167. The number of para-hydroxylation sites is 1. The highest BCUT2D eigenvalue weighted by atomic mass is 16.5. The Balaban J connectivity index is 2.63. The van der Waals surface area contributed by atoms with E-state index >= 15 is 0 Å². The van der Waals surface area contributed by atoms with Gasteiger partial charge >= 0.3 is 0 Å². The van der Waals surface area contributed by atoms with E-state index < -0.39 is 18.4 Å². The lowest BCUT2D eigenvalue weighted by Gasteiger charge is -2.04. The Morgan fingerprint density at radius 1 is 1.41 bits per heavy atom. The van der Waals surface area contributed by atoms with Crippen LogP contribution >= 0.6 is 0 Å². The molecular weight excluding hydrogens is 222 g/mol. The summed E-state index contributed by atoms with van der Waals surface area (Å²) in [5.41, 5.74) is 0.735. The largest absolute Gasteiger partial charge is 0.548 e. The molecule has 0 aliphatic carbocycles. The summed E-state index contributed by atoms with van der Waals surface area (Å²) in [6.07, 6.45) is 2.78. The van der Waals surface area contributed by atoms with Crippen LogP contribution in [-0.4, -0.2) is 25.5 Å². The summed E-state index contributed by atoms with van der Waals surface area (Å²) in [5, 5.41) is 12.3. The lowest BCUT2D eigenvalue weighted by atomic mass is 10.2. The summed E-state index contributed by atoms with van der Waals surface area (Å²) in [5.74, 6) is -1.19. The number of amides is 1. The molecule has 0 aliphatic rings. The summed E-state index contributed by atoms with van der Waals surface area (Å²) >= 11 is 0. The van der Waals surface area contributed by atoms with Crippen molar-refractivity contribution in [2.24, 2.45) is 0 Å². The molecule has 1 rings (SSSR count). The molecule has 0 saturated heterocycles. The van der Waals surface area contributed by atoms with Crippen molar-refractivity contribution in [1.29, 1.82) is 0 Å². The van der Waals surface area contributed by atoms with Gasteiger partial charge < -0.3 is 20.0 Å². The minimum atomic E-state index is -1.33. The first-order valence-electron chi connectivity index (χ1n) is 4.92. The molecule has 0 bridgehead atoms. The number of hydrogen-bond acceptors (Lipinski definition) is 4. The monoisotopic (exact) mass is 234 g/mol. The topological polar surface area (TPSA) is 78.5 Å². The van der Waals surface area contributed by atoms with Crippen molar-refractivity contribution in [3.63, 3.8) is 0 Å². The first-order chi connectivity index (χ1) is 8.13. The number of ether oxygens (including phenoxy) is 1. The van der Waals surface area contributed by atoms with E-state index in [1.807, 2.05) is 6.07 Å². The van der Waals surface area contributed by atoms with Crippen molar-refractivity contribution >= 4 is 18.0 Å². The highest BCUT2D eigenvalue weighted by Crippen LogP contribution is 2.18. The fourth-order valence-electron chi connectivity index (χ4n) is 1.19. The van der Waals surface area contributed by atoms with E-state index in [0.29, 0.717) is 5.75 Å². The van der Waals surface area contributed by atoms with Gasteiger partial charge in [0.1, 0.15) is 5.75 Å². The number of methoxy groups -OCH3 is 1. The van der Waals surface area contributed by atoms with Crippen LogP contribution in [-0.2, 0) is 9.59 Å². The molecule has 1 amide bonds. The maximum Gasteiger partial charge on any atom is 0.244 e. The van der Waals surface area contributed by atoms with E-state index in [4.69, 9.17) is 4.74 Å². The van der Waals surface area contributed by atoms with Crippen molar-refractivity contribution in [3.8, 4) is 5.75 Å². The number of nitrogens with one attached hydrogen (secondary N) is 1. The second-order valence-electron chi connectivity index (χ2n) is 3.17. The van der Waals surface area contributed by atoms with Gasteiger partial charge in [-0.2, -0.15) is 0 Å². The molecule has 90 valence electrons. The third kappa shape index (κ3) is 4.38. The van der Waals surface area contributed by atoms with E-state index in [1.165, 1.54) is 13.2 Å². The molecule has 0 aromatic heterocycles. The number of carboxylic acids is 1. The zero-order valence-corrected chi connectivity index (χ0v) is 9.30. The van der Waals surface area contributed by atoms with Crippen LogP contribution < -0.4 is 15.2 Å². The Kier molecular flexibility index (Phi) is 4.75. The first kappa shape index (κ1) is 12.8. The molecule has 0 saturated carbocycles. The molecule has 0 radical (unpaired) electrons. The van der Waals surface area contributed by atoms with Gasteiger partial charge in [-0.15, -0.1) is 0 Å². The van der Waals surface area contributed by atoms with E-state index in [1.54, 1.807) is 24.3 Å². The van der Waals surface area contributed by atoms with Gasteiger partial charge in [-0.25, -0.2) is 0 Å². The average molecular weight is 234 g/mol. The second-order valence-corrected chi connectivity index (χ2v) is 3.17. The lowest BCUT2D eigenvalue weighted by molar-refractivity contribution is -0.303. The quantitative estimate of drug-likeness (QED) is 0.701. The fourth-order valence-corrected chi connectivity index (χ4v) is 1.19. The highest BCUT2D eigenvalue weighted by Gasteiger charge is 1.98. The highest BCUT2D eigenvalue weighted by molar-refractivity contribution is 5.93. The summed E-state index contributed by atoms with van der Waals surface area (Å²) in [6, 6.07) is 7.16. The van der Waals surface area contributed by atoms with Crippen LogP contribution in [0.4, 0.5) is 0 Å². The molecule has 0 fully saturated rings. The van der Waals surface area contributed by atoms with Gasteiger partial charge in [-0.05, 0) is 12.1 Å². The number of rotatable bonds is 5. The maximum atomic E-state index is 11.2. The predicted molar refractivity (Wildman–Crippen MR) is 60.0 cm³/mol. The third-order valence-electron chi connectivity index (χ3n) is 1.96. The van der Waals surface area contributed by atoms with Gasteiger partial charge in [0.2, 0.25) is 5.91 Å². The van der Waals surface area contributed by atoms with Gasteiger partial charge in [0.25, 0.3) is 0 Å². The molecule has 5 heteroatoms. The minimum absolute atomic E-state index is 0.500. The van der Waals surface area contributed by atoms with Crippen molar-refractivity contribution < 1.29 is 19.4 Å². The normalized spacial score (nSPS) is 10.2. The molecule has 1 aromatic rings. The maximum absolute atomic E-state index is 11.2. The number of aliphatic carboxylic acids is 1. The molecular formula is C12H12NO4-. The molecule has 0 heterocycles. The Labute approximate surface area is 98.7 Å². The summed E-state index contributed by atoms with van der Waals surface area (Å²) < 4.78 is 5.09. The predicted octanol–water partition coefficient (Wildman–Crippen LogP) is -0.426. The van der Waals surface area contributed by atoms with Crippen LogP contribution in [0.2, 0.25) is 0 Å². The first-order valence-corrected chi connectivity index (χ1v) is 4.92. The summed E-state index contributed by atoms with van der Waals surface area (Å²) in [4.78, 5) is 21.3. The Bertz CT molecular complexity index is 440. The van der Waals surface area contributed by atoms with Gasteiger partial charge in [-0.3, -0.25) is 4.79 Å². The molecule has 1 aromatic carbocycles. The van der Waals surface area contributed by atoms with Gasteiger partial charge in [0, 0.05) is 11.6 Å². The summed E-state index contributed by atoms with van der Waals surface area (Å²) in [7, 11) is 1.53. The van der Waals surface area contributed by atoms with Gasteiger partial charge in [-0.1, -0.05) is 18.2 Å². The van der Waals surface area contributed by atoms with Crippen LogP contribution in [0.5, 0.6) is 5.75 Å². The van der Waals surface area contributed by atoms with Crippen LogP contribution in [0, 0.1) is 0 Å². The smallest absolute Gasteiger partial charge is 0.244 e. The molecule has 5 nitrogen and oxygen atoms in total. The third-order valence-corrected chi connectivity index (χ3v) is 1.96. The van der Waals surface area contributed by atoms with Crippen LogP contribution in [0.25, 0.3) is 6.08 Å². The zero-order chi connectivity index (χ0) is 12.7. The Hall–Kier alpha value is -2.30. The molecule has 0 aliphatic heterocycles. The lowest BCUT2D eigenvalue weighted by Crippen LogP contribution is -2.36. The van der Waals surface area contributed by atoms with Crippen molar-refractivity contribution in [1.82, 2.24) is 5.32 Å². The van der Waals surface area contributed by atoms with E-state index in [-0.39, 0.29) is 0 Å². The van der Waals surface area contributed by atoms with Crippen LogP contribution in [0.1, 0.15) is 5.56 Å². The van der Waals surface area contributed by atoms with Crippen molar-refractivity contribution in [2.45, 2.75) is 0 Å².